The van der Waals surface area contributed by atoms with Crippen molar-refractivity contribution in [3.8, 4) is 0 Å². The third-order valence-electron chi connectivity index (χ3n) is 2.39. The minimum absolute atomic E-state index is 0.506. The van der Waals surface area contributed by atoms with E-state index in [9.17, 15) is 0 Å². The Balaban J connectivity index is 2.87. The van der Waals surface area contributed by atoms with Crippen molar-refractivity contribution in [2.75, 3.05) is 5.88 Å². The van der Waals surface area contributed by atoms with E-state index >= 15 is 0 Å². The maximum atomic E-state index is 5.80. The van der Waals surface area contributed by atoms with Gasteiger partial charge >= 0.3 is 0 Å². The third-order valence-corrected chi connectivity index (χ3v) is 2.66. The topological polar surface area (TPSA) is 12.4 Å². The van der Waals surface area contributed by atoms with Crippen molar-refractivity contribution in [1.29, 1.82) is 0 Å². The van der Waals surface area contributed by atoms with Crippen LogP contribution in [-0.2, 0) is 0 Å². The molecule has 14 heavy (non-hydrogen) atoms. The lowest BCUT2D eigenvalue weighted by atomic mass is 9.98. The van der Waals surface area contributed by atoms with Gasteiger partial charge in [-0.2, -0.15) is 0 Å². The van der Waals surface area contributed by atoms with Crippen LogP contribution in [0.4, 0.5) is 0 Å². The SMILES string of the molecule is CC1\C=C(CCl)/N=C/C(C(C)C)=C/C1. The van der Waals surface area contributed by atoms with Gasteiger partial charge in [-0.3, -0.25) is 4.99 Å². The van der Waals surface area contributed by atoms with Gasteiger partial charge in [-0.05, 0) is 23.8 Å². The Kier molecular flexibility index (Phi) is 4.40. The van der Waals surface area contributed by atoms with Crippen molar-refractivity contribution in [2.45, 2.75) is 27.2 Å². The quantitative estimate of drug-likeness (QED) is 0.617. The zero-order chi connectivity index (χ0) is 10.6. The highest BCUT2D eigenvalue weighted by atomic mass is 35.5. The summed E-state index contributed by atoms with van der Waals surface area (Å²) in [6.45, 7) is 6.57. The molecule has 0 aromatic rings. The smallest absolute Gasteiger partial charge is 0.0644 e. The Labute approximate surface area is 91.6 Å². The monoisotopic (exact) mass is 211 g/mol. The van der Waals surface area contributed by atoms with Crippen LogP contribution in [0, 0.1) is 11.8 Å². The highest BCUT2D eigenvalue weighted by molar-refractivity contribution is 6.19. The first-order valence-electron chi connectivity index (χ1n) is 5.14. The molecule has 0 N–H and O–H groups in total. The van der Waals surface area contributed by atoms with Crippen LogP contribution in [0.5, 0.6) is 0 Å². The first-order valence-corrected chi connectivity index (χ1v) is 5.67. The standard InChI is InChI=1S/C12H18ClN/c1-9(2)11-5-4-10(3)6-12(7-13)14-8-11/h5-6,8-10H,4,7H2,1-3H3/b11-5-,12-6-,14-8+. The van der Waals surface area contributed by atoms with Crippen LogP contribution in [0.15, 0.2) is 28.4 Å². The van der Waals surface area contributed by atoms with Crippen LogP contribution in [0.1, 0.15) is 27.2 Å². The van der Waals surface area contributed by atoms with Crippen molar-refractivity contribution < 1.29 is 0 Å². The van der Waals surface area contributed by atoms with Gasteiger partial charge < -0.3 is 0 Å². The Hall–Kier alpha value is -0.560. The highest BCUT2D eigenvalue weighted by Crippen LogP contribution is 2.18. The second-order valence-corrected chi connectivity index (χ2v) is 4.39. The Morgan fingerprint density at radius 1 is 1.57 bits per heavy atom. The molecule has 0 fully saturated rings. The van der Waals surface area contributed by atoms with E-state index in [1.807, 2.05) is 6.21 Å². The van der Waals surface area contributed by atoms with Crippen molar-refractivity contribution in [2.24, 2.45) is 16.8 Å². The molecule has 1 unspecified atom stereocenters. The molecule has 1 atom stereocenters. The lowest BCUT2D eigenvalue weighted by Crippen LogP contribution is -2.01. The summed E-state index contributed by atoms with van der Waals surface area (Å²) in [6, 6.07) is 0. The van der Waals surface area contributed by atoms with Gasteiger partial charge in [-0.25, -0.2) is 0 Å². The molecule has 0 amide bonds. The highest BCUT2D eigenvalue weighted by Gasteiger charge is 2.06. The van der Waals surface area contributed by atoms with Gasteiger partial charge in [0.05, 0.1) is 11.6 Å². The lowest BCUT2D eigenvalue weighted by Gasteiger charge is -2.12. The molecule has 0 aromatic heterocycles. The Morgan fingerprint density at radius 2 is 2.29 bits per heavy atom. The summed E-state index contributed by atoms with van der Waals surface area (Å²) in [4.78, 5) is 4.39. The molecule has 1 aliphatic rings. The minimum atomic E-state index is 0.506. The number of alkyl halides is 1. The molecule has 0 aliphatic carbocycles. The zero-order valence-corrected chi connectivity index (χ0v) is 9.88. The first kappa shape index (κ1) is 11.5. The van der Waals surface area contributed by atoms with Gasteiger partial charge in [0.1, 0.15) is 0 Å². The second-order valence-electron chi connectivity index (χ2n) is 4.12. The zero-order valence-electron chi connectivity index (χ0n) is 9.13. The largest absolute Gasteiger partial charge is 0.260 e. The normalized spacial score (nSPS) is 32.5. The van der Waals surface area contributed by atoms with Crippen LogP contribution in [-0.4, -0.2) is 12.1 Å². The van der Waals surface area contributed by atoms with E-state index in [1.165, 1.54) is 5.57 Å². The van der Waals surface area contributed by atoms with Gasteiger partial charge in [-0.15, -0.1) is 11.6 Å². The number of hydrogen-bond acceptors (Lipinski definition) is 1. The van der Waals surface area contributed by atoms with Gasteiger partial charge in [0.2, 0.25) is 0 Å². The summed E-state index contributed by atoms with van der Waals surface area (Å²) in [6.07, 6.45) is 7.46. The van der Waals surface area contributed by atoms with Crippen LogP contribution >= 0.6 is 11.6 Å². The minimum Gasteiger partial charge on any atom is -0.260 e. The van der Waals surface area contributed by atoms with Crippen LogP contribution in [0.25, 0.3) is 0 Å². The molecule has 1 aliphatic heterocycles. The number of rotatable bonds is 2. The number of nitrogens with zero attached hydrogens (tertiary/aromatic N) is 1. The first-order chi connectivity index (χ1) is 6.63. The molecule has 1 nitrogen and oxygen atoms in total. The summed E-state index contributed by atoms with van der Waals surface area (Å²) in [5, 5.41) is 0. The fourth-order valence-corrected chi connectivity index (χ4v) is 1.59. The Morgan fingerprint density at radius 3 is 2.86 bits per heavy atom. The predicted molar refractivity (Wildman–Crippen MR) is 64.0 cm³/mol. The summed E-state index contributed by atoms with van der Waals surface area (Å²) >= 11 is 5.80. The van der Waals surface area contributed by atoms with Crippen molar-refractivity contribution in [3.63, 3.8) is 0 Å². The van der Waals surface area contributed by atoms with Crippen LogP contribution in [0.2, 0.25) is 0 Å². The molecule has 0 spiro atoms. The number of aliphatic imine (C=N–C) groups is 1. The van der Waals surface area contributed by atoms with E-state index in [0.717, 1.165) is 12.1 Å². The molecule has 0 radical (unpaired) electrons. The average Bonchev–Trinajstić information content (AvgIpc) is 2.11. The fraction of sp³-hybridized carbons (Fsp3) is 0.583. The Bertz CT molecular complexity index is 274. The molecule has 1 heterocycles. The second kappa shape index (κ2) is 5.35. The van der Waals surface area contributed by atoms with Gasteiger partial charge in [0, 0.05) is 6.21 Å². The van der Waals surface area contributed by atoms with E-state index in [4.69, 9.17) is 11.6 Å². The number of allylic oxidation sites excluding steroid dienone is 4. The van der Waals surface area contributed by atoms with Gasteiger partial charge in [0.15, 0.2) is 0 Å². The summed E-state index contributed by atoms with van der Waals surface area (Å²) in [7, 11) is 0. The maximum Gasteiger partial charge on any atom is 0.0644 e. The summed E-state index contributed by atoms with van der Waals surface area (Å²) in [5.41, 5.74) is 2.30. The summed E-state index contributed by atoms with van der Waals surface area (Å²) in [5.74, 6) is 1.59. The van der Waals surface area contributed by atoms with E-state index < -0.39 is 0 Å². The summed E-state index contributed by atoms with van der Waals surface area (Å²) < 4.78 is 0. The van der Waals surface area contributed by atoms with Gasteiger partial charge in [0.25, 0.3) is 0 Å². The molecule has 0 aromatic carbocycles. The molecular formula is C12H18ClN. The van der Waals surface area contributed by atoms with E-state index in [2.05, 4.69) is 37.9 Å². The van der Waals surface area contributed by atoms with E-state index in [1.54, 1.807) is 0 Å². The number of halogens is 1. The fourth-order valence-electron chi connectivity index (χ4n) is 1.44. The molecule has 0 saturated carbocycles. The lowest BCUT2D eigenvalue weighted by molar-refractivity contribution is 0.716. The molecular weight excluding hydrogens is 194 g/mol. The van der Waals surface area contributed by atoms with Crippen LogP contribution < -0.4 is 0 Å². The molecule has 0 saturated heterocycles. The van der Waals surface area contributed by atoms with E-state index in [-0.39, 0.29) is 0 Å². The maximum absolute atomic E-state index is 5.80. The molecule has 0 bridgehead atoms. The molecule has 1 rings (SSSR count). The van der Waals surface area contributed by atoms with E-state index in [0.29, 0.717) is 17.7 Å². The third kappa shape index (κ3) is 3.30. The van der Waals surface area contributed by atoms with Crippen molar-refractivity contribution >= 4 is 17.8 Å². The van der Waals surface area contributed by atoms with Crippen LogP contribution in [0.3, 0.4) is 0 Å². The predicted octanol–water partition coefficient (Wildman–Crippen LogP) is 3.80. The van der Waals surface area contributed by atoms with Crippen molar-refractivity contribution in [1.82, 2.24) is 0 Å². The number of hydrogen-bond donors (Lipinski definition) is 0. The average molecular weight is 212 g/mol. The molecule has 78 valence electrons. The molecule has 2 heteroatoms. The van der Waals surface area contributed by atoms with Gasteiger partial charge in [-0.1, -0.05) is 32.9 Å². The van der Waals surface area contributed by atoms with Crippen molar-refractivity contribution in [3.05, 3.63) is 23.4 Å².